The SMILES string of the molecule is CC(C)CCCCCCCCCC[O][Zr](=[O])([CH2]CCCCCCCCCC(C)C)([CH2]CCCCCCCCCC(C)C)[O]CCCCCCCCCCC(C)C. The van der Waals surface area contributed by atoms with Crippen molar-refractivity contribution in [3.63, 3.8) is 0 Å². The summed E-state index contributed by atoms with van der Waals surface area (Å²) < 4.78 is 30.6. The monoisotopic (exact) mass is 871 g/mol. The number of hydrogen-bond donors (Lipinski definition) is 0. The molecular weight excluding hydrogens is 764 g/mol. The van der Waals surface area contributed by atoms with Crippen LogP contribution in [0.2, 0.25) is 8.26 Å². The molecule has 0 aliphatic heterocycles. The van der Waals surface area contributed by atoms with Gasteiger partial charge in [-0.25, -0.2) is 0 Å². The van der Waals surface area contributed by atoms with E-state index >= 15 is 2.81 Å². The zero-order chi connectivity index (χ0) is 41.5. The summed E-state index contributed by atoms with van der Waals surface area (Å²) in [6.45, 7) is 20.0. The minimum absolute atomic E-state index is 0.646. The Bertz CT molecular complexity index is 781. The Balaban J connectivity index is 5.12. The molecule has 0 aliphatic rings. The molecule has 0 saturated carbocycles. The van der Waals surface area contributed by atoms with Crippen LogP contribution in [0.4, 0.5) is 0 Å². The van der Waals surface area contributed by atoms with Gasteiger partial charge >= 0.3 is 332 Å². The third-order valence-electron chi connectivity index (χ3n) is 12.6. The van der Waals surface area contributed by atoms with Crippen LogP contribution in [0.25, 0.3) is 0 Å². The zero-order valence-corrected chi connectivity index (χ0v) is 42.8. The van der Waals surface area contributed by atoms with Gasteiger partial charge in [-0.15, -0.1) is 0 Å². The Morgan fingerprint density at radius 1 is 0.268 bits per heavy atom. The van der Waals surface area contributed by atoms with Crippen molar-refractivity contribution in [3.8, 4) is 0 Å². The molecule has 0 N–H and O–H groups in total. The first kappa shape index (κ1) is 56.6. The van der Waals surface area contributed by atoms with Crippen molar-refractivity contribution in [2.45, 2.75) is 295 Å². The minimum atomic E-state index is -5.07. The van der Waals surface area contributed by atoms with Crippen LogP contribution in [0.1, 0.15) is 287 Å². The van der Waals surface area contributed by atoms with Gasteiger partial charge in [0.1, 0.15) is 0 Å². The van der Waals surface area contributed by atoms with Gasteiger partial charge in [0.15, 0.2) is 0 Å². The van der Waals surface area contributed by atoms with Gasteiger partial charge in [-0.05, 0) is 0 Å². The molecule has 0 bridgehead atoms. The first-order valence-electron chi connectivity index (χ1n) is 26.1. The molecular formula is C52H108O3Zr. The molecule has 0 unspecified atom stereocenters. The molecule has 56 heavy (non-hydrogen) atoms. The molecule has 0 aromatic rings. The van der Waals surface area contributed by atoms with Crippen LogP contribution in [0.15, 0.2) is 0 Å². The normalized spacial score (nSPS) is 12.7. The summed E-state index contributed by atoms with van der Waals surface area (Å²) >= 11 is -5.07. The van der Waals surface area contributed by atoms with Crippen LogP contribution < -0.4 is 0 Å². The quantitative estimate of drug-likeness (QED) is 0.0572. The average molecular weight is 873 g/mol. The van der Waals surface area contributed by atoms with Crippen molar-refractivity contribution in [3.05, 3.63) is 0 Å². The second-order valence-corrected chi connectivity index (χ2v) is 31.2. The molecule has 0 radical (unpaired) electrons. The number of unbranched alkanes of at least 4 members (excludes halogenated alkanes) is 28. The smallest absolute Gasteiger partial charge is 0.0628 e. The Morgan fingerprint density at radius 3 is 0.661 bits per heavy atom. The Labute approximate surface area is 357 Å². The van der Waals surface area contributed by atoms with Gasteiger partial charge in [-0.1, -0.05) is 27.7 Å². The fourth-order valence-corrected chi connectivity index (χ4v) is 18.4. The van der Waals surface area contributed by atoms with E-state index in [0.29, 0.717) is 13.2 Å². The first-order valence-corrected chi connectivity index (χ1v) is 32.6. The Morgan fingerprint density at radius 2 is 0.446 bits per heavy atom. The summed E-state index contributed by atoms with van der Waals surface area (Å²) in [5.41, 5.74) is 0. The average Bonchev–Trinajstić information content (AvgIpc) is 3.14. The fourth-order valence-electron chi connectivity index (χ4n) is 8.65. The summed E-state index contributed by atoms with van der Waals surface area (Å²) in [7, 11) is 0. The topological polar surface area (TPSA) is 35.5 Å². The van der Waals surface area contributed by atoms with E-state index in [0.717, 1.165) is 57.6 Å². The molecule has 0 aromatic heterocycles. The van der Waals surface area contributed by atoms with Crippen molar-refractivity contribution < 1.29 is 28.1 Å². The van der Waals surface area contributed by atoms with E-state index in [9.17, 15) is 0 Å². The van der Waals surface area contributed by atoms with Crippen LogP contribution in [-0.4, -0.2) is 13.2 Å². The predicted molar refractivity (Wildman–Crippen MR) is 248 cm³/mol. The Kier molecular flexibility index (Phi) is 40.1. The minimum Gasteiger partial charge on any atom is -0.0628 e. The molecule has 0 heterocycles. The molecule has 0 fully saturated rings. The van der Waals surface area contributed by atoms with Crippen LogP contribution in [-0.2, 0) is 28.1 Å². The number of rotatable bonds is 46. The van der Waals surface area contributed by atoms with E-state index < -0.39 is 19.7 Å². The molecule has 338 valence electrons. The zero-order valence-electron chi connectivity index (χ0n) is 40.3. The van der Waals surface area contributed by atoms with Gasteiger partial charge in [0, 0.05) is 0 Å². The molecule has 0 saturated heterocycles. The number of hydrogen-bond acceptors (Lipinski definition) is 3. The second-order valence-electron chi connectivity index (χ2n) is 20.6. The molecule has 0 atom stereocenters. The third-order valence-corrected chi connectivity index (χ3v) is 23.2. The summed E-state index contributed by atoms with van der Waals surface area (Å²) in [5.74, 6) is 3.34. The van der Waals surface area contributed by atoms with Crippen molar-refractivity contribution >= 4 is 0 Å². The van der Waals surface area contributed by atoms with Crippen LogP contribution >= 0.6 is 0 Å². The van der Waals surface area contributed by atoms with Gasteiger partial charge in [0.05, 0.1) is 0 Å². The molecule has 4 heteroatoms. The summed E-state index contributed by atoms with van der Waals surface area (Å²) in [6.07, 6.45) is 46.8. The maximum atomic E-state index is 15.5. The van der Waals surface area contributed by atoms with Gasteiger partial charge in [-0.2, -0.15) is 0 Å². The van der Waals surface area contributed by atoms with E-state index in [2.05, 4.69) is 55.4 Å². The molecule has 3 nitrogen and oxygen atoms in total. The van der Waals surface area contributed by atoms with Gasteiger partial charge < -0.3 is 0 Å². The predicted octanol–water partition coefficient (Wildman–Crippen LogP) is 19.4. The summed E-state index contributed by atoms with van der Waals surface area (Å²) in [4.78, 5) is 0. The van der Waals surface area contributed by atoms with Crippen molar-refractivity contribution in [2.24, 2.45) is 23.7 Å². The van der Waals surface area contributed by atoms with Crippen molar-refractivity contribution in [1.82, 2.24) is 0 Å². The van der Waals surface area contributed by atoms with Crippen LogP contribution in [0, 0.1) is 23.7 Å². The molecule has 0 aliphatic carbocycles. The molecule has 0 amide bonds. The van der Waals surface area contributed by atoms with Crippen molar-refractivity contribution in [2.75, 3.05) is 13.2 Å². The van der Waals surface area contributed by atoms with E-state index in [1.54, 1.807) is 0 Å². The fraction of sp³-hybridized carbons (Fsp3) is 1.00. The Hall–Kier alpha value is 0.603. The molecule has 0 aromatic carbocycles. The third kappa shape index (κ3) is 40.0. The van der Waals surface area contributed by atoms with Gasteiger partial charge in [0.25, 0.3) is 0 Å². The van der Waals surface area contributed by atoms with Crippen LogP contribution in [0.3, 0.4) is 0 Å². The molecule has 0 spiro atoms. The van der Waals surface area contributed by atoms with E-state index in [4.69, 9.17) is 5.63 Å². The standard InChI is InChI=1S/2C13H27O.2C13H27.O.Zr/c2*1-13(2)11-9-7-5-3-4-6-8-10-12-14;2*1-4-5-6-7-8-9-10-11-12-13(2)3;;/h2*13H,3-12H2,1-2H3;2*13H,1,4-12H2,2-3H3;;/q2*-1;;;;+2. The van der Waals surface area contributed by atoms with Crippen molar-refractivity contribution in [1.29, 1.82) is 0 Å². The van der Waals surface area contributed by atoms with E-state index in [1.807, 2.05) is 0 Å². The van der Waals surface area contributed by atoms with Gasteiger partial charge in [0.2, 0.25) is 0 Å². The summed E-state index contributed by atoms with van der Waals surface area (Å²) in [6, 6.07) is 0. The maximum absolute atomic E-state index is 15.5. The van der Waals surface area contributed by atoms with E-state index in [1.165, 1.54) is 205 Å². The van der Waals surface area contributed by atoms with E-state index in [-0.39, 0.29) is 0 Å². The molecule has 0 rings (SSSR count). The second kappa shape index (κ2) is 39.7. The summed E-state index contributed by atoms with van der Waals surface area (Å²) in [5, 5.41) is 0. The van der Waals surface area contributed by atoms with Crippen LogP contribution in [0.5, 0.6) is 0 Å². The first-order chi connectivity index (χ1) is 27.0. The van der Waals surface area contributed by atoms with Gasteiger partial charge in [-0.3, -0.25) is 0 Å².